The number of nitrogens with one attached hydrogen (secondary N) is 1. The summed E-state index contributed by atoms with van der Waals surface area (Å²) in [6.45, 7) is 2.44. The zero-order chi connectivity index (χ0) is 19.8. The molecular weight excluding hydrogens is 434 g/mol. The molecule has 0 fully saturated rings. The largest absolute Gasteiger partial charge is 0.491 e. The van der Waals surface area contributed by atoms with Crippen molar-refractivity contribution in [3.05, 3.63) is 57.0 Å². The topological polar surface area (TPSA) is 64.6 Å². The van der Waals surface area contributed by atoms with E-state index >= 15 is 0 Å². The number of Topliss-reactive ketones (excluding diaryl/α,β-unsaturated/α-hetero) is 1. The van der Waals surface area contributed by atoms with Gasteiger partial charge in [0.1, 0.15) is 5.75 Å². The quantitative estimate of drug-likeness (QED) is 0.327. The van der Waals surface area contributed by atoms with Crippen molar-refractivity contribution in [2.45, 2.75) is 19.8 Å². The lowest BCUT2D eigenvalue weighted by Gasteiger charge is -2.15. The predicted molar refractivity (Wildman–Crippen MR) is 110 cm³/mol. The molecule has 0 spiro atoms. The minimum Gasteiger partial charge on any atom is -0.491 e. The summed E-state index contributed by atoms with van der Waals surface area (Å²) in [4.78, 5) is 23.6. The predicted octanol–water partition coefficient (Wildman–Crippen LogP) is 5.04. The Kier molecular flexibility index (Phi) is 8.13. The van der Waals surface area contributed by atoms with E-state index in [1.54, 1.807) is 18.2 Å². The number of esters is 1. The highest BCUT2D eigenvalue weighted by Crippen LogP contribution is 2.29. The molecule has 1 N–H and O–H groups in total. The smallest absolute Gasteiger partial charge is 0.305 e. The van der Waals surface area contributed by atoms with E-state index in [1.807, 2.05) is 25.1 Å². The van der Waals surface area contributed by atoms with Crippen LogP contribution in [0.15, 0.2) is 40.9 Å². The summed E-state index contributed by atoms with van der Waals surface area (Å²) in [5, 5.41) is 3.72. The van der Waals surface area contributed by atoms with Crippen LogP contribution in [0.1, 0.15) is 28.8 Å². The zero-order valence-corrected chi connectivity index (χ0v) is 17.5. The molecule has 0 aliphatic heterocycles. The lowest BCUT2D eigenvalue weighted by atomic mass is 10.1. The molecule has 0 bridgehead atoms. The molecule has 0 saturated carbocycles. The van der Waals surface area contributed by atoms with Gasteiger partial charge in [-0.05, 0) is 59.1 Å². The maximum atomic E-state index is 12.5. The standard InChI is InChI=1S/C20H21BrClNO4/c1-13-5-3-6-18(27-10-4-7-19(25)26-2)20(13)23-12-17(24)14-8-9-16(22)15(21)11-14/h3,5-6,8-9,11,23H,4,7,10,12H2,1-2H3. The molecule has 0 unspecified atom stereocenters. The maximum absolute atomic E-state index is 12.5. The number of aryl methyl sites for hydroxylation is 1. The number of ketones is 1. The lowest BCUT2D eigenvalue weighted by Crippen LogP contribution is -2.15. The minimum atomic E-state index is -0.263. The van der Waals surface area contributed by atoms with E-state index in [9.17, 15) is 9.59 Å². The third kappa shape index (κ3) is 6.26. The van der Waals surface area contributed by atoms with Crippen molar-refractivity contribution >= 4 is 45.0 Å². The Morgan fingerprint density at radius 3 is 2.70 bits per heavy atom. The van der Waals surface area contributed by atoms with Gasteiger partial charge in [0.05, 0.1) is 31.0 Å². The summed E-state index contributed by atoms with van der Waals surface area (Å²) >= 11 is 9.30. The number of hydrogen-bond donors (Lipinski definition) is 1. The second-order valence-electron chi connectivity index (χ2n) is 5.88. The first-order valence-electron chi connectivity index (χ1n) is 8.43. The molecule has 0 saturated heterocycles. The Balaban J connectivity index is 1.99. The van der Waals surface area contributed by atoms with Crippen LogP contribution < -0.4 is 10.1 Å². The molecule has 0 radical (unpaired) electrons. The molecule has 5 nitrogen and oxygen atoms in total. The van der Waals surface area contributed by atoms with Gasteiger partial charge in [-0.25, -0.2) is 0 Å². The molecule has 2 aromatic rings. The van der Waals surface area contributed by atoms with Crippen molar-refractivity contribution in [3.63, 3.8) is 0 Å². The molecule has 2 rings (SSSR count). The first-order valence-corrected chi connectivity index (χ1v) is 9.61. The summed E-state index contributed by atoms with van der Waals surface area (Å²) < 4.78 is 11.1. The Labute approximate surface area is 172 Å². The van der Waals surface area contributed by atoms with Crippen molar-refractivity contribution in [2.24, 2.45) is 0 Å². The minimum absolute atomic E-state index is 0.0627. The van der Waals surface area contributed by atoms with Crippen molar-refractivity contribution in [1.82, 2.24) is 0 Å². The molecular formula is C20H21BrClNO4. The average molecular weight is 455 g/mol. The molecule has 7 heteroatoms. The van der Waals surface area contributed by atoms with E-state index in [-0.39, 0.29) is 18.3 Å². The number of methoxy groups -OCH3 is 1. The highest BCUT2D eigenvalue weighted by Gasteiger charge is 2.12. The van der Waals surface area contributed by atoms with Crippen molar-refractivity contribution in [2.75, 3.05) is 25.6 Å². The Bertz CT molecular complexity index is 826. The number of carbonyl (C=O) groups is 2. The Morgan fingerprint density at radius 2 is 2.00 bits per heavy atom. The first-order chi connectivity index (χ1) is 12.9. The van der Waals surface area contributed by atoms with Crippen LogP contribution in [-0.4, -0.2) is 32.0 Å². The van der Waals surface area contributed by atoms with Crippen molar-refractivity contribution in [3.8, 4) is 5.75 Å². The van der Waals surface area contributed by atoms with Crippen LogP contribution in [-0.2, 0) is 9.53 Å². The van der Waals surface area contributed by atoms with Crippen LogP contribution in [0.25, 0.3) is 0 Å². The van der Waals surface area contributed by atoms with Gasteiger partial charge in [0.15, 0.2) is 5.78 Å². The summed E-state index contributed by atoms with van der Waals surface area (Å²) in [5.41, 5.74) is 2.29. The number of ether oxygens (including phenoxy) is 2. The van der Waals surface area contributed by atoms with Crippen molar-refractivity contribution < 1.29 is 19.1 Å². The third-order valence-corrected chi connectivity index (χ3v) is 5.13. The molecule has 0 heterocycles. The number of rotatable bonds is 9. The SMILES string of the molecule is COC(=O)CCCOc1cccc(C)c1NCC(=O)c1ccc(Cl)c(Br)c1. The molecule has 27 heavy (non-hydrogen) atoms. The number of hydrogen-bond acceptors (Lipinski definition) is 5. The van der Waals surface area contributed by atoms with Crippen LogP contribution >= 0.6 is 27.5 Å². The van der Waals surface area contributed by atoms with E-state index in [2.05, 4.69) is 26.0 Å². The van der Waals surface area contributed by atoms with Crippen LogP contribution in [0, 0.1) is 6.92 Å². The van der Waals surface area contributed by atoms with Crippen LogP contribution in [0.4, 0.5) is 5.69 Å². The zero-order valence-electron chi connectivity index (χ0n) is 15.2. The molecule has 0 aliphatic carbocycles. The van der Waals surface area contributed by atoms with E-state index in [0.29, 0.717) is 40.3 Å². The molecule has 0 atom stereocenters. The van der Waals surface area contributed by atoms with Crippen molar-refractivity contribution in [1.29, 1.82) is 0 Å². The molecule has 0 aromatic heterocycles. The van der Waals surface area contributed by atoms with Gasteiger partial charge in [0.2, 0.25) is 0 Å². The first kappa shape index (κ1) is 21.3. The second kappa shape index (κ2) is 10.3. The van der Waals surface area contributed by atoms with Gasteiger partial charge >= 0.3 is 5.97 Å². The van der Waals surface area contributed by atoms with Gasteiger partial charge in [-0.3, -0.25) is 9.59 Å². The fraction of sp³-hybridized carbons (Fsp3) is 0.300. The molecule has 2 aromatic carbocycles. The summed E-state index contributed by atoms with van der Waals surface area (Å²) in [6.07, 6.45) is 0.854. The van der Waals surface area contributed by atoms with Gasteiger partial charge in [0.25, 0.3) is 0 Å². The Morgan fingerprint density at radius 1 is 1.22 bits per heavy atom. The van der Waals surface area contributed by atoms with Gasteiger partial charge in [-0.1, -0.05) is 23.7 Å². The highest BCUT2D eigenvalue weighted by molar-refractivity contribution is 9.10. The molecule has 0 amide bonds. The number of anilines is 1. The van der Waals surface area contributed by atoms with Gasteiger partial charge in [0, 0.05) is 16.5 Å². The summed E-state index contributed by atoms with van der Waals surface area (Å²) in [6, 6.07) is 10.7. The highest BCUT2D eigenvalue weighted by atomic mass is 79.9. The maximum Gasteiger partial charge on any atom is 0.305 e. The van der Waals surface area contributed by atoms with E-state index in [1.165, 1.54) is 7.11 Å². The summed E-state index contributed by atoms with van der Waals surface area (Å²) in [7, 11) is 1.36. The van der Waals surface area contributed by atoms with Crippen LogP contribution in [0.2, 0.25) is 5.02 Å². The van der Waals surface area contributed by atoms with Gasteiger partial charge in [-0.2, -0.15) is 0 Å². The fourth-order valence-corrected chi connectivity index (χ4v) is 2.92. The van der Waals surface area contributed by atoms with E-state index in [0.717, 1.165) is 11.3 Å². The summed E-state index contributed by atoms with van der Waals surface area (Å²) in [5.74, 6) is 0.318. The van der Waals surface area contributed by atoms with E-state index in [4.69, 9.17) is 16.3 Å². The number of halogens is 2. The number of para-hydroxylation sites is 1. The monoisotopic (exact) mass is 453 g/mol. The van der Waals surface area contributed by atoms with Gasteiger partial charge in [-0.15, -0.1) is 0 Å². The number of benzene rings is 2. The van der Waals surface area contributed by atoms with Crippen LogP contribution in [0.3, 0.4) is 0 Å². The average Bonchev–Trinajstić information content (AvgIpc) is 2.66. The van der Waals surface area contributed by atoms with Crippen LogP contribution in [0.5, 0.6) is 5.75 Å². The second-order valence-corrected chi connectivity index (χ2v) is 7.14. The lowest BCUT2D eigenvalue weighted by molar-refractivity contribution is -0.140. The van der Waals surface area contributed by atoms with E-state index < -0.39 is 0 Å². The normalized spacial score (nSPS) is 10.4. The third-order valence-electron chi connectivity index (χ3n) is 3.91. The van der Waals surface area contributed by atoms with Gasteiger partial charge < -0.3 is 14.8 Å². The molecule has 144 valence electrons. The number of carbonyl (C=O) groups excluding carboxylic acids is 2. The molecule has 0 aliphatic rings. The fourth-order valence-electron chi connectivity index (χ4n) is 2.43. The Hall–Kier alpha value is -2.05.